The van der Waals surface area contributed by atoms with Gasteiger partial charge in [-0.1, -0.05) is 39.8 Å². The Hall–Kier alpha value is -0.520. The Labute approximate surface area is 70.0 Å². The predicted molar refractivity (Wildman–Crippen MR) is 49.1 cm³/mol. The van der Waals surface area contributed by atoms with Crippen LogP contribution in [0.2, 0.25) is 0 Å². The summed E-state index contributed by atoms with van der Waals surface area (Å²) in [5, 5.41) is 0. The molecule has 1 radical (unpaired) electrons. The van der Waals surface area contributed by atoms with E-state index in [0.29, 0.717) is 17.8 Å². The topological polar surface area (TPSA) is 0 Å². The first-order valence-electron chi connectivity index (χ1n) is 4.42. The van der Waals surface area contributed by atoms with Crippen molar-refractivity contribution in [2.24, 2.45) is 17.8 Å². The fraction of sp³-hybridized carbons (Fsp3) is 0.636. The monoisotopic (exact) mass is 149 g/mol. The summed E-state index contributed by atoms with van der Waals surface area (Å²) in [7, 11) is 0. The van der Waals surface area contributed by atoms with Gasteiger partial charge in [0.25, 0.3) is 0 Å². The van der Waals surface area contributed by atoms with Gasteiger partial charge in [0.05, 0.1) is 0 Å². The molecule has 0 bridgehead atoms. The maximum Gasteiger partial charge on any atom is 0.00499 e. The van der Waals surface area contributed by atoms with E-state index in [-0.39, 0.29) is 0 Å². The third-order valence-corrected chi connectivity index (χ3v) is 2.20. The van der Waals surface area contributed by atoms with Crippen molar-refractivity contribution in [3.8, 4) is 0 Å². The van der Waals surface area contributed by atoms with Gasteiger partial charge in [-0.2, -0.15) is 0 Å². The van der Waals surface area contributed by atoms with Gasteiger partial charge in [-0.15, -0.1) is 0 Å². The second-order valence-corrected chi connectivity index (χ2v) is 3.90. The van der Waals surface area contributed by atoms with E-state index in [9.17, 15) is 0 Å². The van der Waals surface area contributed by atoms with Gasteiger partial charge >= 0.3 is 0 Å². The minimum Gasteiger partial charge on any atom is -0.0733 e. The first kappa shape index (κ1) is 8.58. The fourth-order valence-electron chi connectivity index (χ4n) is 1.24. The molecule has 1 rings (SSSR count). The molecule has 0 saturated carbocycles. The van der Waals surface area contributed by atoms with Crippen molar-refractivity contribution in [1.29, 1.82) is 0 Å². The number of rotatable bonds is 2. The first-order chi connectivity index (χ1) is 5.11. The lowest BCUT2D eigenvalue weighted by Crippen LogP contribution is -2.00. The average molecular weight is 149 g/mol. The fourth-order valence-corrected chi connectivity index (χ4v) is 1.24. The standard InChI is InChI=1S/C11H17/c1-8(2)10-5-6-11(7-10)9(3)4/h5,7-9,11H,1-4H3. The van der Waals surface area contributed by atoms with E-state index < -0.39 is 0 Å². The smallest absolute Gasteiger partial charge is 0.00499 e. The van der Waals surface area contributed by atoms with Crippen LogP contribution < -0.4 is 0 Å². The Bertz CT molecular complexity index is 182. The molecule has 0 heteroatoms. The molecule has 0 heterocycles. The van der Waals surface area contributed by atoms with Crippen LogP contribution in [-0.4, -0.2) is 0 Å². The Kier molecular flexibility index (Phi) is 2.53. The number of allylic oxidation sites excluding steroid dienone is 4. The quantitative estimate of drug-likeness (QED) is 0.565. The lowest BCUT2D eigenvalue weighted by atomic mass is 9.96. The highest BCUT2D eigenvalue weighted by atomic mass is 14.2. The van der Waals surface area contributed by atoms with Crippen LogP contribution in [0.4, 0.5) is 0 Å². The molecule has 0 aromatic carbocycles. The van der Waals surface area contributed by atoms with E-state index in [4.69, 9.17) is 0 Å². The van der Waals surface area contributed by atoms with Gasteiger partial charge in [-0.05, 0) is 23.5 Å². The van der Waals surface area contributed by atoms with Crippen molar-refractivity contribution in [3.63, 3.8) is 0 Å². The zero-order valence-corrected chi connectivity index (χ0v) is 7.89. The van der Waals surface area contributed by atoms with E-state index in [0.717, 1.165) is 0 Å². The first-order valence-corrected chi connectivity index (χ1v) is 4.42. The highest BCUT2D eigenvalue weighted by Gasteiger charge is 2.14. The van der Waals surface area contributed by atoms with Crippen molar-refractivity contribution in [2.45, 2.75) is 27.7 Å². The maximum atomic E-state index is 3.37. The van der Waals surface area contributed by atoms with E-state index in [1.54, 1.807) is 0 Å². The Morgan fingerprint density at radius 2 is 1.91 bits per heavy atom. The van der Waals surface area contributed by atoms with Crippen molar-refractivity contribution in [3.05, 3.63) is 23.8 Å². The number of hydrogen-bond acceptors (Lipinski definition) is 0. The van der Waals surface area contributed by atoms with Gasteiger partial charge < -0.3 is 0 Å². The molecular weight excluding hydrogens is 132 g/mol. The maximum absolute atomic E-state index is 3.37. The Balaban J connectivity index is 2.63. The predicted octanol–water partition coefficient (Wildman–Crippen LogP) is 3.21. The molecular formula is C11H17. The van der Waals surface area contributed by atoms with Crippen LogP contribution in [0.3, 0.4) is 0 Å². The van der Waals surface area contributed by atoms with Crippen LogP contribution in [0, 0.1) is 23.8 Å². The highest BCUT2D eigenvalue weighted by molar-refractivity contribution is 5.27. The second kappa shape index (κ2) is 3.25. The van der Waals surface area contributed by atoms with Crippen LogP contribution in [0.15, 0.2) is 17.7 Å². The van der Waals surface area contributed by atoms with E-state index in [1.807, 2.05) is 0 Å². The molecule has 0 nitrogen and oxygen atoms in total. The minimum atomic E-state index is 0.562. The molecule has 1 unspecified atom stereocenters. The van der Waals surface area contributed by atoms with Gasteiger partial charge in [-0.3, -0.25) is 0 Å². The third kappa shape index (κ3) is 1.95. The SMILES string of the molecule is CC(C)C1=CC(C(C)C)[C]=C1. The van der Waals surface area contributed by atoms with Crippen LogP contribution in [-0.2, 0) is 0 Å². The molecule has 0 spiro atoms. The van der Waals surface area contributed by atoms with Gasteiger partial charge in [-0.25, -0.2) is 0 Å². The third-order valence-electron chi connectivity index (χ3n) is 2.20. The largest absolute Gasteiger partial charge is 0.0733 e. The molecule has 0 aliphatic heterocycles. The van der Waals surface area contributed by atoms with Crippen molar-refractivity contribution < 1.29 is 0 Å². The summed E-state index contributed by atoms with van der Waals surface area (Å²) >= 11 is 0. The molecule has 0 aromatic heterocycles. The molecule has 1 aliphatic rings. The van der Waals surface area contributed by atoms with Crippen molar-refractivity contribution >= 4 is 0 Å². The van der Waals surface area contributed by atoms with Crippen LogP contribution >= 0.6 is 0 Å². The molecule has 0 aromatic rings. The van der Waals surface area contributed by atoms with Gasteiger partial charge in [0.1, 0.15) is 0 Å². The molecule has 11 heavy (non-hydrogen) atoms. The number of hydrogen-bond donors (Lipinski definition) is 0. The molecule has 0 fully saturated rings. The molecule has 1 aliphatic carbocycles. The minimum absolute atomic E-state index is 0.562. The van der Waals surface area contributed by atoms with Crippen molar-refractivity contribution in [2.75, 3.05) is 0 Å². The Morgan fingerprint density at radius 3 is 2.18 bits per heavy atom. The van der Waals surface area contributed by atoms with E-state index in [2.05, 4.69) is 45.9 Å². The van der Waals surface area contributed by atoms with Gasteiger partial charge in [0, 0.05) is 5.92 Å². The zero-order valence-electron chi connectivity index (χ0n) is 7.89. The summed E-state index contributed by atoms with van der Waals surface area (Å²) in [6.45, 7) is 8.94. The summed E-state index contributed by atoms with van der Waals surface area (Å²) in [6.07, 6.45) is 7.86. The highest BCUT2D eigenvalue weighted by Crippen LogP contribution is 2.25. The molecule has 0 saturated heterocycles. The average Bonchev–Trinajstić information content (AvgIpc) is 2.33. The van der Waals surface area contributed by atoms with Gasteiger partial charge in [0.2, 0.25) is 0 Å². The van der Waals surface area contributed by atoms with Crippen LogP contribution in [0.1, 0.15) is 27.7 Å². The Morgan fingerprint density at radius 1 is 1.27 bits per heavy atom. The molecule has 1 atom stereocenters. The summed E-state index contributed by atoms with van der Waals surface area (Å²) in [5.41, 5.74) is 1.45. The molecule has 0 N–H and O–H groups in total. The second-order valence-electron chi connectivity index (χ2n) is 3.90. The zero-order chi connectivity index (χ0) is 8.43. The molecule has 0 amide bonds. The summed E-state index contributed by atoms with van der Waals surface area (Å²) in [5.74, 6) is 1.92. The van der Waals surface area contributed by atoms with Crippen LogP contribution in [0.25, 0.3) is 0 Å². The van der Waals surface area contributed by atoms with E-state index >= 15 is 0 Å². The van der Waals surface area contributed by atoms with Gasteiger partial charge in [0.15, 0.2) is 0 Å². The lowest BCUT2D eigenvalue weighted by molar-refractivity contribution is 0.542. The van der Waals surface area contributed by atoms with Crippen molar-refractivity contribution in [1.82, 2.24) is 0 Å². The normalized spacial score (nSPS) is 23.5. The van der Waals surface area contributed by atoms with Crippen LogP contribution in [0.5, 0.6) is 0 Å². The summed E-state index contributed by atoms with van der Waals surface area (Å²) in [6, 6.07) is 0. The molecule has 61 valence electrons. The lowest BCUT2D eigenvalue weighted by Gasteiger charge is -2.08. The summed E-state index contributed by atoms with van der Waals surface area (Å²) < 4.78 is 0. The van der Waals surface area contributed by atoms with E-state index in [1.165, 1.54) is 5.57 Å². The summed E-state index contributed by atoms with van der Waals surface area (Å²) in [4.78, 5) is 0.